The van der Waals surface area contributed by atoms with Gasteiger partial charge in [0.05, 0.1) is 10.6 Å². The fourth-order valence-electron chi connectivity index (χ4n) is 5.54. The van der Waals surface area contributed by atoms with Crippen LogP contribution in [0.2, 0.25) is 5.02 Å². The first-order valence-corrected chi connectivity index (χ1v) is 11.4. The Kier molecular flexibility index (Phi) is 5.67. The summed E-state index contributed by atoms with van der Waals surface area (Å²) in [5.74, 6) is -0.683. The standard InChI is InChI=1S/C26H26ClF3O3/c1-5-14-6-7-15(33-16-8-9-18(20(27)13-16)26(28,29)30)12-17(14)21-22(31)19-10-11-25(4,23(21)32)24(19,2)3/h6-9,12-13,19,21H,5,10-11H2,1-4H3. The number of halogens is 4. The molecule has 0 aromatic heterocycles. The normalized spacial score (nSPS) is 26.5. The first-order chi connectivity index (χ1) is 15.3. The minimum atomic E-state index is -4.56. The number of rotatable bonds is 4. The van der Waals surface area contributed by atoms with Crippen molar-refractivity contribution in [1.29, 1.82) is 0 Å². The molecule has 2 saturated carbocycles. The van der Waals surface area contributed by atoms with E-state index in [-0.39, 0.29) is 23.2 Å². The summed E-state index contributed by atoms with van der Waals surface area (Å²) in [4.78, 5) is 27.1. The average molecular weight is 479 g/mol. The van der Waals surface area contributed by atoms with Gasteiger partial charge in [-0.25, -0.2) is 0 Å². The quantitative estimate of drug-likeness (QED) is 0.430. The van der Waals surface area contributed by atoms with E-state index in [1.807, 2.05) is 27.7 Å². The van der Waals surface area contributed by atoms with Crippen molar-refractivity contribution in [3.8, 4) is 11.5 Å². The van der Waals surface area contributed by atoms with Gasteiger partial charge >= 0.3 is 6.18 Å². The Morgan fingerprint density at radius 3 is 2.30 bits per heavy atom. The molecule has 2 bridgehead atoms. The molecule has 0 spiro atoms. The van der Waals surface area contributed by atoms with Crippen molar-refractivity contribution in [3.05, 3.63) is 58.1 Å². The Bertz CT molecular complexity index is 1140. The Morgan fingerprint density at radius 1 is 1.06 bits per heavy atom. The van der Waals surface area contributed by atoms with Crippen LogP contribution in [0.15, 0.2) is 36.4 Å². The molecule has 2 aromatic carbocycles. The van der Waals surface area contributed by atoms with E-state index in [1.54, 1.807) is 18.2 Å². The second-order valence-electron chi connectivity index (χ2n) is 9.80. The Labute approximate surface area is 196 Å². The highest BCUT2D eigenvalue weighted by molar-refractivity contribution is 6.31. The van der Waals surface area contributed by atoms with Gasteiger partial charge in [0.15, 0.2) is 11.6 Å². The molecule has 0 aliphatic heterocycles. The minimum absolute atomic E-state index is 0.0515. The van der Waals surface area contributed by atoms with Gasteiger partial charge in [0, 0.05) is 17.4 Å². The number of fused-ring (bicyclic) bond motifs is 2. The highest BCUT2D eigenvalue weighted by Crippen LogP contribution is 2.62. The van der Waals surface area contributed by atoms with Gasteiger partial charge in [-0.15, -0.1) is 0 Å². The molecule has 2 aliphatic rings. The highest BCUT2D eigenvalue weighted by atomic mass is 35.5. The predicted octanol–water partition coefficient (Wildman–Crippen LogP) is 7.39. The molecular formula is C26H26ClF3O3. The van der Waals surface area contributed by atoms with E-state index in [1.165, 1.54) is 6.07 Å². The summed E-state index contributed by atoms with van der Waals surface area (Å²) in [5, 5.41) is -0.463. The average Bonchev–Trinajstić information content (AvgIpc) is 2.90. The second-order valence-corrected chi connectivity index (χ2v) is 10.2. The summed E-state index contributed by atoms with van der Waals surface area (Å²) in [7, 11) is 0. The van der Waals surface area contributed by atoms with Crippen molar-refractivity contribution < 1.29 is 27.5 Å². The van der Waals surface area contributed by atoms with Gasteiger partial charge in [-0.3, -0.25) is 9.59 Å². The van der Waals surface area contributed by atoms with E-state index < -0.39 is 33.5 Å². The van der Waals surface area contributed by atoms with Crippen LogP contribution in [0, 0.1) is 16.7 Å². The molecule has 0 amide bonds. The number of Topliss-reactive ketones (excluding diaryl/α,β-unsaturated/α-hetero) is 2. The van der Waals surface area contributed by atoms with Gasteiger partial charge in [-0.05, 0) is 60.1 Å². The zero-order chi connectivity index (χ0) is 24.3. The van der Waals surface area contributed by atoms with E-state index in [9.17, 15) is 22.8 Å². The van der Waals surface area contributed by atoms with E-state index in [2.05, 4.69) is 0 Å². The number of carbonyl (C=O) groups excluding carboxylic acids is 2. The Hall–Kier alpha value is -2.34. The summed E-state index contributed by atoms with van der Waals surface area (Å²) in [6.45, 7) is 7.93. The lowest BCUT2D eigenvalue weighted by atomic mass is 9.54. The molecule has 0 saturated heterocycles. The zero-order valence-corrected chi connectivity index (χ0v) is 19.7. The molecule has 0 radical (unpaired) electrons. The first kappa shape index (κ1) is 23.8. The van der Waals surface area contributed by atoms with Crippen LogP contribution >= 0.6 is 11.6 Å². The van der Waals surface area contributed by atoms with Crippen LogP contribution in [0.25, 0.3) is 0 Å². The van der Waals surface area contributed by atoms with Crippen LogP contribution in [-0.2, 0) is 22.2 Å². The smallest absolute Gasteiger partial charge is 0.417 e. The van der Waals surface area contributed by atoms with E-state index >= 15 is 0 Å². The van der Waals surface area contributed by atoms with Crippen LogP contribution < -0.4 is 4.74 Å². The summed E-state index contributed by atoms with van der Waals surface area (Å²) < 4.78 is 44.8. The number of benzene rings is 2. The molecule has 2 aliphatic carbocycles. The third-order valence-electron chi connectivity index (χ3n) is 7.95. The molecule has 2 fully saturated rings. The Morgan fingerprint density at radius 2 is 1.70 bits per heavy atom. The van der Waals surface area contributed by atoms with Crippen LogP contribution in [0.3, 0.4) is 0 Å². The third kappa shape index (κ3) is 3.67. The Balaban J connectivity index is 1.71. The molecule has 4 rings (SSSR count). The maximum Gasteiger partial charge on any atom is 0.417 e. The van der Waals surface area contributed by atoms with Gasteiger partial charge in [-0.1, -0.05) is 45.4 Å². The largest absolute Gasteiger partial charge is 0.457 e. The molecular weight excluding hydrogens is 453 g/mol. The number of hydrogen-bond acceptors (Lipinski definition) is 3. The van der Waals surface area contributed by atoms with Crippen LogP contribution in [0.1, 0.15) is 63.1 Å². The molecule has 33 heavy (non-hydrogen) atoms. The van der Waals surface area contributed by atoms with Crippen molar-refractivity contribution in [2.75, 3.05) is 0 Å². The van der Waals surface area contributed by atoms with Gasteiger partial charge < -0.3 is 4.74 Å². The van der Waals surface area contributed by atoms with E-state index in [4.69, 9.17) is 16.3 Å². The fraction of sp³-hybridized carbons (Fsp3) is 0.462. The minimum Gasteiger partial charge on any atom is -0.457 e. The van der Waals surface area contributed by atoms with Crippen molar-refractivity contribution in [2.45, 2.75) is 59.1 Å². The molecule has 7 heteroatoms. The summed E-state index contributed by atoms with van der Waals surface area (Å²) in [5.41, 5.74) is -0.420. The SMILES string of the molecule is CCc1ccc(Oc2ccc(C(F)(F)F)c(Cl)c2)cc1C1C(=O)C2CCC(C)(C1=O)C2(C)C. The molecule has 3 atom stereocenters. The number of ketones is 2. The number of carbonyl (C=O) groups is 2. The maximum absolute atomic E-state index is 13.7. The predicted molar refractivity (Wildman–Crippen MR) is 120 cm³/mol. The number of ether oxygens (including phenoxy) is 1. The molecule has 0 N–H and O–H groups in total. The molecule has 2 aromatic rings. The van der Waals surface area contributed by atoms with Gasteiger partial charge in [-0.2, -0.15) is 13.2 Å². The maximum atomic E-state index is 13.7. The van der Waals surface area contributed by atoms with Gasteiger partial charge in [0.2, 0.25) is 0 Å². The van der Waals surface area contributed by atoms with E-state index in [0.29, 0.717) is 30.6 Å². The van der Waals surface area contributed by atoms with Crippen LogP contribution in [-0.4, -0.2) is 11.6 Å². The van der Waals surface area contributed by atoms with Crippen LogP contribution in [0.5, 0.6) is 11.5 Å². The number of alkyl halides is 3. The second kappa shape index (κ2) is 7.86. The monoisotopic (exact) mass is 478 g/mol. The van der Waals surface area contributed by atoms with Crippen molar-refractivity contribution in [1.82, 2.24) is 0 Å². The van der Waals surface area contributed by atoms with Crippen molar-refractivity contribution in [2.24, 2.45) is 16.7 Å². The lowest BCUT2D eigenvalue weighted by Crippen LogP contribution is -2.52. The number of aryl methyl sites for hydroxylation is 1. The van der Waals surface area contributed by atoms with E-state index in [0.717, 1.165) is 17.7 Å². The lowest BCUT2D eigenvalue weighted by molar-refractivity contribution is -0.149. The lowest BCUT2D eigenvalue weighted by Gasteiger charge is -2.46. The van der Waals surface area contributed by atoms with Crippen molar-refractivity contribution >= 4 is 23.2 Å². The summed E-state index contributed by atoms with van der Waals surface area (Å²) in [6.07, 6.45) is -2.54. The molecule has 3 nitrogen and oxygen atoms in total. The molecule has 176 valence electrons. The fourth-order valence-corrected chi connectivity index (χ4v) is 5.81. The third-order valence-corrected chi connectivity index (χ3v) is 8.26. The molecule has 3 unspecified atom stereocenters. The molecule has 0 heterocycles. The van der Waals surface area contributed by atoms with Gasteiger partial charge in [0.1, 0.15) is 17.4 Å². The topological polar surface area (TPSA) is 43.4 Å². The van der Waals surface area contributed by atoms with Crippen molar-refractivity contribution in [3.63, 3.8) is 0 Å². The highest BCUT2D eigenvalue weighted by Gasteiger charge is 2.64. The summed E-state index contributed by atoms with van der Waals surface area (Å²) >= 11 is 5.81. The number of hydrogen-bond donors (Lipinski definition) is 0. The zero-order valence-electron chi connectivity index (χ0n) is 19.0. The van der Waals surface area contributed by atoms with Gasteiger partial charge in [0.25, 0.3) is 0 Å². The first-order valence-electron chi connectivity index (χ1n) is 11.1. The van der Waals surface area contributed by atoms with Crippen LogP contribution in [0.4, 0.5) is 13.2 Å². The summed E-state index contributed by atoms with van der Waals surface area (Å²) in [6, 6.07) is 8.34.